The van der Waals surface area contributed by atoms with E-state index in [9.17, 15) is 0 Å². The quantitative estimate of drug-likeness (QED) is 0.387. The van der Waals surface area contributed by atoms with Crippen LogP contribution in [0, 0.1) is 5.92 Å². The molecule has 0 aliphatic rings. The standard InChI is InChI=1S/C11H23N7O/c1-4-18(5-2)11-15-9(13-6-8(3)7-19)14-10(16-11)17-12/h8,19H,4-7,12H2,1-3H3,(H2,13,14,15,16,17). The van der Waals surface area contributed by atoms with E-state index in [1.165, 1.54) is 0 Å². The normalized spacial score (nSPS) is 12.1. The van der Waals surface area contributed by atoms with Gasteiger partial charge in [-0.3, -0.25) is 5.43 Å². The van der Waals surface area contributed by atoms with E-state index in [0.29, 0.717) is 24.4 Å². The number of nitrogens with two attached hydrogens (primary N) is 1. The van der Waals surface area contributed by atoms with Crippen LogP contribution in [0.1, 0.15) is 20.8 Å². The van der Waals surface area contributed by atoms with E-state index in [-0.39, 0.29) is 12.5 Å². The zero-order chi connectivity index (χ0) is 14.3. The maximum atomic E-state index is 9.00. The molecule has 0 bridgehead atoms. The minimum absolute atomic E-state index is 0.114. The van der Waals surface area contributed by atoms with Crippen LogP contribution in [-0.2, 0) is 0 Å². The topological polar surface area (TPSA) is 112 Å². The molecule has 1 aromatic heterocycles. The molecule has 0 radical (unpaired) electrons. The van der Waals surface area contributed by atoms with Gasteiger partial charge in [-0.25, -0.2) is 5.84 Å². The lowest BCUT2D eigenvalue weighted by atomic mass is 10.2. The van der Waals surface area contributed by atoms with E-state index in [4.69, 9.17) is 10.9 Å². The van der Waals surface area contributed by atoms with Gasteiger partial charge in [-0.15, -0.1) is 0 Å². The number of aliphatic hydroxyl groups excluding tert-OH is 1. The van der Waals surface area contributed by atoms with Gasteiger partial charge in [0.2, 0.25) is 17.8 Å². The van der Waals surface area contributed by atoms with Crippen molar-refractivity contribution in [3.05, 3.63) is 0 Å². The third-order valence-electron chi connectivity index (χ3n) is 2.72. The van der Waals surface area contributed by atoms with Gasteiger partial charge in [0.1, 0.15) is 0 Å². The third kappa shape index (κ3) is 4.49. The second kappa shape index (κ2) is 7.70. The van der Waals surface area contributed by atoms with Crippen molar-refractivity contribution >= 4 is 17.8 Å². The lowest BCUT2D eigenvalue weighted by Crippen LogP contribution is -2.26. The molecule has 1 atom stereocenters. The van der Waals surface area contributed by atoms with Crippen LogP contribution in [0.2, 0.25) is 0 Å². The zero-order valence-electron chi connectivity index (χ0n) is 11.7. The highest BCUT2D eigenvalue weighted by Crippen LogP contribution is 2.13. The highest BCUT2D eigenvalue weighted by molar-refractivity contribution is 5.43. The smallest absolute Gasteiger partial charge is 0.243 e. The predicted molar refractivity (Wildman–Crippen MR) is 75.9 cm³/mol. The average molecular weight is 269 g/mol. The first-order chi connectivity index (χ1) is 9.14. The second-order valence-electron chi connectivity index (χ2n) is 4.27. The first kappa shape index (κ1) is 15.4. The summed E-state index contributed by atoms with van der Waals surface area (Å²) in [5.74, 6) is 6.83. The molecule has 1 aromatic rings. The Balaban J connectivity index is 2.88. The fourth-order valence-electron chi connectivity index (χ4n) is 1.49. The van der Waals surface area contributed by atoms with E-state index in [2.05, 4.69) is 25.7 Å². The van der Waals surface area contributed by atoms with Crippen molar-refractivity contribution in [2.24, 2.45) is 11.8 Å². The minimum atomic E-state index is 0.114. The largest absolute Gasteiger partial charge is 0.396 e. The SMILES string of the molecule is CCN(CC)c1nc(NN)nc(NCC(C)CO)n1. The van der Waals surface area contributed by atoms with E-state index >= 15 is 0 Å². The summed E-state index contributed by atoms with van der Waals surface area (Å²) in [5, 5.41) is 12.1. The van der Waals surface area contributed by atoms with Gasteiger partial charge < -0.3 is 15.3 Å². The number of hydrazine groups is 1. The number of hydrogen-bond donors (Lipinski definition) is 4. The lowest BCUT2D eigenvalue weighted by molar-refractivity contribution is 0.244. The van der Waals surface area contributed by atoms with Crippen molar-refractivity contribution in [3.8, 4) is 0 Å². The van der Waals surface area contributed by atoms with Gasteiger partial charge in [0.15, 0.2) is 0 Å². The van der Waals surface area contributed by atoms with Gasteiger partial charge >= 0.3 is 0 Å². The molecule has 8 nitrogen and oxygen atoms in total. The molecule has 0 aliphatic heterocycles. The first-order valence-electron chi connectivity index (χ1n) is 6.46. The Morgan fingerprint density at radius 2 is 1.84 bits per heavy atom. The van der Waals surface area contributed by atoms with Crippen LogP contribution in [-0.4, -0.2) is 46.3 Å². The summed E-state index contributed by atoms with van der Waals surface area (Å²) in [6.45, 7) is 8.30. The van der Waals surface area contributed by atoms with Crippen LogP contribution in [0.4, 0.5) is 17.8 Å². The molecule has 1 unspecified atom stereocenters. The van der Waals surface area contributed by atoms with Gasteiger partial charge in [-0.1, -0.05) is 6.92 Å². The Hall–Kier alpha value is -1.67. The Morgan fingerprint density at radius 1 is 1.21 bits per heavy atom. The molecule has 0 fully saturated rings. The van der Waals surface area contributed by atoms with Crippen molar-refractivity contribution < 1.29 is 5.11 Å². The molecule has 0 aromatic carbocycles. The second-order valence-corrected chi connectivity index (χ2v) is 4.27. The van der Waals surface area contributed by atoms with Crippen LogP contribution in [0.25, 0.3) is 0 Å². The van der Waals surface area contributed by atoms with Crippen molar-refractivity contribution in [1.82, 2.24) is 15.0 Å². The Morgan fingerprint density at radius 3 is 2.37 bits per heavy atom. The Kier molecular flexibility index (Phi) is 6.23. The van der Waals surface area contributed by atoms with Gasteiger partial charge in [-0.05, 0) is 19.8 Å². The summed E-state index contributed by atoms with van der Waals surface area (Å²) in [6, 6.07) is 0. The molecule has 1 heterocycles. The zero-order valence-corrected chi connectivity index (χ0v) is 11.7. The fourth-order valence-corrected chi connectivity index (χ4v) is 1.49. The maximum absolute atomic E-state index is 9.00. The number of anilines is 3. The lowest BCUT2D eigenvalue weighted by Gasteiger charge is -2.19. The minimum Gasteiger partial charge on any atom is -0.396 e. The summed E-state index contributed by atoms with van der Waals surface area (Å²) in [7, 11) is 0. The molecule has 8 heteroatoms. The van der Waals surface area contributed by atoms with Crippen LogP contribution < -0.4 is 21.5 Å². The van der Waals surface area contributed by atoms with Crippen molar-refractivity contribution in [1.29, 1.82) is 0 Å². The molecular weight excluding hydrogens is 246 g/mol. The average Bonchev–Trinajstić information content (AvgIpc) is 2.45. The molecule has 19 heavy (non-hydrogen) atoms. The number of aliphatic hydroxyl groups is 1. The molecule has 0 saturated heterocycles. The fraction of sp³-hybridized carbons (Fsp3) is 0.727. The first-order valence-corrected chi connectivity index (χ1v) is 6.46. The number of rotatable bonds is 8. The van der Waals surface area contributed by atoms with Crippen molar-refractivity contribution in [3.63, 3.8) is 0 Å². The summed E-state index contributed by atoms with van der Waals surface area (Å²) in [4.78, 5) is 14.7. The molecule has 0 aliphatic carbocycles. The number of hydrogen-bond acceptors (Lipinski definition) is 8. The molecule has 0 spiro atoms. The van der Waals surface area contributed by atoms with E-state index < -0.39 is 0 Å². The maximum Gasteiger partial charge on any atom is 0.243 e. The molecule has 5 N–H and O–H groups in total. The summed E-state index contributed by atoms with van der Waals surface area (Å²) >= 11 is 0. The van der Waals surface area contributed by atoms with Gasteiger partial charge in [0, 0.05) is 26.2 Å². The number of nitrogens with one attached hydrogen (secondary N) is 2. The van der Waals surface area contributed by atoms with Crippen LogP contribution in [0.15, 0.2) is 0 Å². The molecule has 0 amide bonds. The van der Waals surface area contributed by atoms with E-state index in [1.807, 2.05) is 25.7 Å². The molecular formula is C11H23N7O. The van der Waals surface area contributed by atoms with Crippen LogP contribution >= 0.6 is 0 Å². The molecule has 108 valence electrons. The molecule has 1 rings (SSSR count). The van der Waals surface area contributed by atoms with Crippen LogP contribution in [0.5, 0.6) is 0 Å². The van der Waals surface area contributed by atoms with Gasteiger partial charge in [0.25, 0.3) is 0 Å². The predicted octanol–water partition coefficient (Wildman–Crippen LogP) is 0.0437. The van der Waals surface area contributed by atoms with Crippen LogP contribution in [0.3, 0.4) is 0 Å². The van der Waals surface area contributed by atoms with Crippen molar-refractivity contribution in [2.75, 3.05) is 41.9 Å². The number of nitrogen functional groups attached to an aromatic ring is 1. The summed E-state index contributed by atoms with van der Waals surface area (Å²) in [6.07, 6.45) is 0. The third-order valence-corrected chi connectivity index (χ3v) is 2.72. The highest BCUT2D eigenvalue weighted by Gasteiger charge is 2.11. The van der Waals surface area contributed by atoms with Gasteiger partial charge in [-0.2, -0.15) is 15.0 Å². The van der Waals surface area contributed by atoms with E-state index in [1.54, 1.807) is 0 Å². The van der Waals surface area contributed by atoms with E-state index in [0.717, 1.165) is 13.1 Å². The molecule has 0 saturated carbocycles. The van der Waals surface area contributed by atoms with Gasteiger partial charge in [0.05, 0.1) is 0 Å². The number of nitrogens with zero attached hydrogens (tertiary/aromatic N) is 4. The number of aromatic nitrogens is 3. The Labute approximate surface area is 113 Å². The summed E-state index contributed by atoms with van der Waals surface area (Å²) < 4.78 is 0. The monoisotopic (exact) mass is 269 g/mol. The highest BCUT2D eigenvalue weighted by atomic mass is 16.3. The van der Waals surface area contributed by atoms with Crippen molar-refractivity contribution in [2.45, 2.75) is 20.8 Å². The Bertz CT molecular complexity index is 383. The summed E-state index contributed by atoms with van der Waals surface area (Å²) in [5.41, 5.74) is 2.43.